The van der Waals surface area contributed by atoms with E-state index in [-0.39, 0.29) is 18.5 Å². The Balaban J connectivity index is 2.05. The van der Waals surface area contributed by atoms with Crippen molar-refractivity contribution in [3.05, 3.63) is 57.5 Å². The fourth-order valence-corrected chi connectivity index (χ4v) is 2.47. The predicted molar refractivity (Wildman–Crippen MR) is 72.1 cm³/mol. The minimum absolute atomic E-state index is 0.00352. The molecule has 0 radical (unpaired) electrons. The van der Waals surface area contributed by atoms with Crippen molar-refractivity contribution in [3.63, 3.8) is 0 Å². The Morgan fingerprint density at radius 2 is 2.22 bits per heavy atom. The van der Waals surface area contributed by atoms with E-state index in [1.54, 1.807) is 30.4 Å². The zero-order valence-electron chi connectivity index (χ0n) is 10.2. The monoisotopic (exact) mass is 265 g/mol. The Bertz CT molecular complexity index is 499. The van der Waals surface area contributed by atoms with Crippen LogP contribution in [0.3, 0.4) is 0 Å². The van der Waals surface area contributed by atoms with E-state index in [1.807, 2.05) is 17.5 Å². The molecule has 2 aromatic rings. The second kappa shape index (κ2) is 6.09. The van der Waals surface area contributed by atoms with Crippen LogP contribution in [0.15, 0.2) is 35.7 Å². The molecular formula is C14H16FNOS. The lowest BCUT2D eigenvalue weighted by Crippen LogP contribution is -2.23. The summed E-state index contributed by atoms with van der Waals surface area (Å²) in [6, 6.07) is 8.81. The van der Waals surface area contributed by atoms with Crippen LogP contribution in [0.4, 0.5) is 4.39 Å². The number of benzene rings is 1. The van der Waals surface area contributed by atoms with E-state index < -0.39 is 0 Å². The number of thiophene rings is 1. The highest BCUT2D eigenvalue weighted by atomic mass is 32.1. The molecule has 2 N–H and O–H groups in total. The molecule has 2 rings (SSSR count). The van der Waals surface area contributed by atoms with E-state index in [9.17, 15) is 9.50 Å². The lowest BCUT2D eigenvalue weighted by molar-refractivity contribution is 0.244. The van der Waals surface area contributed by atoms with Crippen LogP contribution in [0.1, 0.15) is 22.0 Å². The third-order valence-corrected chi connectivity index (χ3v) is 3.75. The first kappa shape index (κ1) is 13.2. The van der Waals surface area contributed by atoms with Crippen LogP contribution < -0.4 is 5.32 Å². The van der Waals surface area contributed by atoms with Gasteiger partial charge < -0.3 is 10.4 Å². The van der Waals surface area contributed by atoms with Gasteiger partial charge in [0.2, 0.25) is 0 Å². The van der Waals surface area contributed by atoms with Gasteiger partial charge in [0.15, 0.2) is 0 Å². The van der Waals surface area contributed by atoms with Crippen molar-refractivity contribution in [1.82, 2.24) is 5.32 Å². The number of aryl methyl sites for hydroxylation is 1. The average molecular weight is 265 g/mol. The van der Waals surface area contributed by atoms with Gasteiger partial charge in [-0.2, -0.15) is 0 Å². The maximum Gasteiger partial charge on any atom is 0.126 e. The van der Waals surface area contributed by atoms with Crippen molar-refractivity contribution in [2.75, 3.05) is 6.61 Å². The standard InChI is InChI=1S/C14H16FNOS/c1-10-7-11(4-5-13(10)15)14(9-17)16-8-12-3-2-6-18-12/h2-7,14,16-17H,8-9H2,1H3. The summed E-state index contributed by atoms with van der Waals surface area (Å²) in [5.41, 5.74) is 1.51. The van der Waals surface area contributed by atoms with E-state index in [1.165, 1.54) is 10.9 Å². The minimum Gasteiger partial charge on any atom is -0.394 e. The molecular weight excluding hydrogens is 249 g/mol. The van der Waals surface area contributed by atoms with Crippen LogP contribution in [0.2, 0.25) is 0 Å². The number of aliphatic hydroxyl groups excluding tert-OH is 1. The molecule has 0 saturated heterocycles. The summed E-state index contributed by atoms with van der Waals surface area (Å²) in [5, 5.41) is 14.7. The van der Waals surface area contributed by atoms with Gasteiger partial charge in [-0.3, -0.25) is 0 Å². The quantitative estimate of drug-likeness (QED) is 0.871. The molecule has 18 heavy (non-hydrogen) atoms. The Morgan fingerprint density at radius 1 is 1.39 bits per heavy atom. The van der Waals surface area contributed by atoms with Crippen LogP contribution in [0.25, 0.3) is 0 Å². The summed E-state index contributed by atoms with van der Waals surface area (Å²) in [6.07, 6.45) is 0. The molecule has 96 valence electrons. The molecule has 0 amide bonds. The Labute approximate surface area is 110 Å². The molecule has 0 aliphatic rings. The molecule has 0 aliphatic carbocycles. The van der Waals surface area contributed by atoms with E-state index in [0.29, 0.717) is 12.1 Å². The molecule has 1 aromatic carbocycles. The smallest absolute Gasteiger partial charge is 0.126 e. The van der Waals surface area contributed by atoms with Gasteiger partial charge in [-0.15, -0.1) is 11.3 Å². The third-order valence-electron chi connectivity index (χ3n) is 2.87. The molecule has 0 spiro atoms. The summed E-state index contributed by atoms with van der Waals surface area (Å²) < 4.78 is 13.2. The van der Waals surface area contributed by atoms with E-state index in [4.69, 9.17) is 0 Å². The van der Waals surface area contributed by atoms with Gasteiger partial charge in [0.05, 0.1) is 12.6 Å². The average Bonchev–Trinajstić information content (AvgIpc) is 2.87. The Hall–Kier alpha value is -1.23. The highest BCUT2D eigenvalue weighted by Gasteiger charge is 2.11. The first-order valence-electron chi connectivity index (χ1n) is 5.83. The molecule has 0 saturated carbocycles. The summed E-state index contributed by atoms with van der Waals surface area (Å²) in [7, 11) is 0. The lowest BCUT2D eigenvalue weighted by atomic mass is 10.0. The van der Waals surface area contributed by atoms with Crippen molar-refractivity contribution >= 4 is 11.3 Å². The lowest BCUT2D eigenvalue weighted by Gasteiger charge is -2.17. The maximum absolute atomic E-state index is 13.2. The number of rotatable bonds is 5. The first-order valence-corrected chi connectivity index (χ1v) is 6.71. The number of nitrogens with one attached hydrogen (secondary N) is 1. The Kier molecular flexibility index (Phi) is 4.47. The molecule has 1 heterocycles. The molecule has 0 fully saturated rings. The van der Waals surface area contributed by atoms with Crippen molar-refractivity contribution in [1.29, 1.82) is 0 Å². The van der Waals surface area contributed by atoms with E-state index >= 15 is 0 Å². The topological polar surface area (TPSA) is 32.3 Å². The second-order valence-corrected chi connectivity index (χ2v) is 5.24. The summed E-state index contributed by atoms with van der Waals surface area (Å²) in [5.74, 6) is -0.214. The van der Waals surface area contributed by atoms with Gasteiger partial charge >= 0.3 is 0 Å². The van der Waals surface area contributed by atoms with Gasteiger partial charge in [-0.05, 0) is 35.6 Å². The van der Waals surface area contributed by atoms with Crippen LogP contribution in [0, 0.1) is 12.7 Å². The largest absolute Gasteiger partial charge is 0.394 e. The van der Waals surface area contributed by atoms with Gasteiger partial charge in [0.25, 0.3) is 0 Å². The predicted octanol–water partition coefficient (Wildman–Crippen LogP) is 3.02. The molecule has 2 nitrogen and oxygen atoms in total. The van der Waals surface area contributed by atoms with Gasteiger partial charge in [0.1, 0.15) is 5.82 Å². The highest BCUT2D eigenvalue weighted by molar-refractivity contribution is 7.09. The summed E-state index contributed by atoms with van der Waals surface area (Å²) in [6.45, 7) is 2.43. The summed E-state index contributed by atoms with van der Waals surface area (Å²) >= 11 is 1.67. The van der Waals surface area contributed by atoms with Crippen LogP contribution in [-0.4, -0.2) is 11.7 Å². The number of aliphatic hydroxyl groups is 1. The first-order chi connectivity index (χ1) is 8.70. The minimum atomic E-state index is -0.214. The molecule has 1 aromatic heterocycles. The van der Waals surface area contributed by atoms with Crippen LogP contribution in [0.5, 0.6) is 0 Å². The maximum atomic E-state index is 13.2. The van der Waals surface area contributed by atoms with Gasteiger partial charge in [-0.1, -0.05) is 18.2 Å². The zero-order valence-corrected chi connectivity index (χ0v) is 11.0. The molecule has 0 bridgehead atoms. The van der Waals surface area contributed by atoms with Gasteiger partial charge in [-0.25, -0.2) is 4.39 Å². The molecule has 4 heteroatoms. The number of hydrogen-bond acceptors (Lipinski definition) is 3. The number of halogens is 1. The van der Waals surface area contributed by atoms with E-state index in [2.05, 4.69) is 5.32 Å². The third kappa shape index (κ3) is 3.16. The van der Waals surface area contributed by atoms with Crippen LogP contribution in [-0.2, 0) is 6.54 Å². The fourth-order valence-electron chi connectivity index (χ4n) is 1.81. The van der Waals surface area contributed by atoms with Gasteiger partial charge in [0, 0.05) is 11.4 Å². The van der Waals surface area contributed by atoms with Crippen LogP contribution >= 0.6 is 11.3 Å². The van der Waals surface area contributed by atoms with Crippen molar-refractivity contribution in [2.45, 2.75) is 19.5 Å². The fraction of sp³-hybridized carbons (Fsp3) is 0.286. The molecule has 0 aliphatic heterocycles. The summed E-state index contributed by atoms with van der Waals surface area (Å²) in [4.78, 5) is 1.22. The molecule has 1 unspecified atom stereocenters. The zero-order chi connectivity index (χ0) is 13.0. The van der Waals surface area contributed by atoms with Crippen molar-refractivity contribution < 1.29 is 9.50 Å². The molecule has 1 atom stereocenters. The van der Waals surface area contributed by atoms with E-state index in [0.717, 1.165) is 5.56 Å². The number of hydrogen-bond donors (Lipinski definition) is 2. The highest BCUT2D eigenvalue weighted by Crippen LogP contribution is 2.18. The van der Waals surface area contributed by atoms with Crippen molar-refractivity contribution in [3.8, 4) is 0 Å². The Morgan fingerprint density at radius 3 is 2.83 bits per heavy atom. The normalized spacial score (nSPS) is 12.6. The second-order valence-electron chi connectivity index (χ2n) is 4.20. The van der Waals surface area contributed by atoms with Crippen molar-refractivity contribution in [2.24, 2.45) is 0 Å². The SMILES string of the molecule is Cc1cc(C(CO)NCc2cccs2)ccc1F.